The predicted octanol–water partition coefficient (Wildman–Crippen LogP) is 3.81. The van der Waals surface area contributed by atoms with Crippen LogP contribution in [-0.4, -0.2) is 204 Å². The number of benzene rings is 2. The van der Waals surface area contributed by atoms with Crippen molar-refractivity contribution in [3.05, 3.63) is 77.9 Å². The number of urea groups is 1. The summed E-state index contributed by atoms with van der Waals surface area (Å²) in [6, 6.07) is 9.25. The summed E-state index contributed by atoms with van der Waals surface area (Å²) in [6.45, 7) is 17.1. The van der Waals surface area contributed by atoms with E-state index in [1.165, 1.54) is 33.3 Å². The minimum absolute atomic E-state index is 0.0588. The summed E-state index contributed by atoms with van der Waals surface area (Å²) in [7, 11) is 8.24. The lowest BCUT2D eigenvalue weighted by molar-refractivity contribution is -0.922. The van der Waals surface area contributed by atoms with Crippen LogP contribution in [0.1, 0.15) is 144 Å². The van der Waals surface area contributed by atoms with Crippen molar-refractivity contribution in [2.24, 2.45) is 29.4 Å². The molecular formula is C67H106N11O14+. The van der Waals surface area contributed by atoms with Crippen LogP contribution < -0.4 is 37.6 Å². The third-order valence-electron chi connectivity index (χ3n) is 17.8. The first-order valence-corrected chi connectivity index (χ1v) is 32.4. The molecule has 512 valence electrons. The molecule has 1 saturated heterocycles. The zero-order valence-corrected chi connectivity index (χ0v) is 56.6. The van der Waals surface area contributed by atoms with Gasteiger partial charge in [-0.25, -0.2) is 4.79 Å². The highest BCUT2D eigenvalue weighted by atomic mass is 16.5. The number of quaternary nitrogens is 1. The molecule has 0 radical (unpaired) electrons. The molecule has 0 aliphatic carbocycles. The highest BCUT2D eigenvalue weighted by Gasteiger charge is 2.45. The molecule has 0 bridgehead atoms. The van der Waals surface area contributed by atoms with E-state index < -0.39 is 108 Å². The number of hydrogen-bond donors (Lipinski definition) is 9. The van der Waals surface area contributed by atoms with E-state index >= 15 is 0 Å². The van der Waals surface area contributed by atoms with Gasteiger partial charge < -0.3 is 71.6 Å². The molecule has 25 heteroatoms. The summed E-state index contributed by atoms with van der Waals surface area (Å²) in [6.07, 6.45) is 2.65. The first-order valence-electron chi connectivity index (χ1n) is 32.4. The molecule has 2 aromatic rings. The van der Waals surface area contributed by atoms with Gasteiger partial charge in [0, 0.05) is 70.7 Å². The van der Waals surface area contributed by atoms with Gasteiger partial charge in [0.1, 0.15) is 30.8 Å². The van der Waals surface area contributed by atoms with Crippen LogP contribution in [0.15, 0.2) is 66.7 Å². The average molecular weight is 1290 g/mol. The number of amides is 11. The van der Waals surface area contributed by atoms with E-state index in [-0.39, 0.29) is 91.2 Å². The number of likely N-dealkylation sites (N-methyl/N-ethyl adjacent to an activating group) is 2. The molecule has 2 aliphatic heterocycles. The molecule has 92 heavy (non-hydrogen) atoms. The predicted molar refractivity (Wildman–Crippen MR) is 348 cm³/mol. The van der Waals surface area contributed by atoms with Crippen molar-refractivity contribution in [3.63, 3.8) is 0 Å². The monoisotopic (exact) mass is 1290 g/mol. The molecule has 10 N–H and O–H groups in total. The lowest BCUT2D eigenvalue weighted by Gasteiger charge is -2.42. The molecule has 2 heterocycles. The fourth-order valence-corrected chi connectivity index (χ4v) is 12.5. The van der Waals surface area contributed by atoms with E-state index in [0.717, 1.165) is 10.5 Å². The first-order chi connectivity index (χ1) is 43.4. The largest absolute Gasteiger partial charge is 0.387 e. The number of likely N-dealkylation sites (tertiary alicyclic amines) is 1. The van der Waals surface area contributed by atoms with Gasteiger partial charge in [-0.15, -0.1) is 0 Å². The number of aliphatic hydroxyl groups excluding tert-OH is 2. The Morgan fingerprint density at radius 3 is 1.95 bits per heavy atom. The van der Waals surface area contributed by atoms with Crippen LogP contribution >= 0.6 is 0 Å². The van der Waals surface area contributed by atoms with Gasteiger partial charge in [-0.1, -0.05) is 104 Å². The maximum atomic E-state index is 14.9. The number of methoxy groups -OCH3 is 2. The number of nitrogens with zero attached hydrogens (tertiary/aromatic N) is 4. The van der Waals surface area contributed by atoms with Gasteiger partial charge in [0.2, 0.25) is 35.4 Å². The van der Waals surface area contributed by atoms with E-state index in [4.69, 9.17) is 15.2 Å². The fraction of sp³-hybridized carbons (Fsp3) is 0.642. The number of ether oxygens (including phenoxy) is 2. The number of carbonyl (C=O) groups is 10. The van der Waals surface area contributed by atoms with Crippen LogP contribution in [0.5, 0.6) is 0 Å². The van der Waals surface area contributed by atoms with Crippen LogP contribution in [0, 0.1) is 23.7 Å². The highest BCUT2D eigenvalue weighted by Crippen LogP contribution is 2.31. The number of imide groups is 1. The van der Waals surface area contributed by atoms with E-state index in [0.29, 0.717) is 56.3 Å². The molecule has 2 aromatic carbocycles. The second kappa shape index (κ2) is 36.8. The van der Waals surface area contributed by atoms with Gasteiger partial charge in [-0.05, 0) is 87.8 Å². The van der Waals surface area contributed by atoms with Crippen molar-refractivity contribution < 1.29 is 72.1 Å². The molecular weight excluding hydrogens is 1180 g/mol. The van der Waals surface area contributed by atoms with E-state index in [1.54, 1.807) is 95.0 Å². The van der Waals surface area contributed by atoms with Gasteiger partial charge in [-0.3, -0.25) is 48.1 Å². The number of hydrogen-bond acceptors (Lipinski definition) is 14. The van der Waals surface area contributed by atoms with Crippen molar-refractivity contribution in [3.8, 4) is 0 Å². The number of rotatable bonds is 38. The number of anilines is 1. The molecule has 4 rings (SSSR count). The summed E-state index contributed by atoms with van der Waals surface area (Å²) in [5.41, 5.74) is 7.04. The van der Waals surface area contributed by atoms with Crippen molar-refractivity contribution >= 4 is 64.9 Å². The molecule has 0 spiro atoms. The molecule has 0 unspecified atom stereocenters. The fourth-order valence-electron chi connectivity index (χ4n) is 12.5. The number of aliphatic hydroxyl groups is 2. The summed E-state index contributed by atoms with van der Waals surface area (Å²) in [5, 5.41) is 39.1. The van der Waals surface area contributed by atoms with Gasteiger partial charge in [0.15, 0.2) is 6.04 Å². The molecule has 13 atom stereocenters. The minimum atomic E-state index is -1.19. The zero-order valence-electron chi connectivity index (χ0n) is 56.6. The summed E-state index contributed by atoms with van der Waals surface area (Å²) < 4.78 is 12.0. The third kappa shape index (κ3) is 22.2. The van der Waals surface area contributed by atoms with Gasteiger partial charge in [-0.2, -0.15) is 0 Å². The summed E-state index contributed by atoms with van der Waals surface area (Å²) in [4.78, 5) is 138. The molecule has 2 aliphatic rings. The Morgan fingerprint density at radius 1 is 0.750 bits per heavy atom. The van der Waals surface area contributed by atoms with Crippen LogP contribution in [-0.2, 0) is 59.2 Å². The summed E-state index contributed by atoms with van der Waals surface area (Å²) in [5.74, 6) is -5.45. The smallest absolute Gasteiger partial charge is 0.312 e. The lowest BCUT2D eigenvalue weighted by atomic mass is 9.89. The van der Waals surface area contributed by atoms with Gasteiger partial charge in [0.05, 0.1) is 62.9 Å². The average Bonchev–Trinajstić information content (AvgIpc) is 1.17. The minimum Gasteiger partial charge on any atom is -0.387 e. The Hall–Kier alpha value is -7.32. The second-order valence-corrected chi connectivity index (χ2v) is 26.0. The quantitative estimate of drug-likeness (QED) is 0.0262. The van der Waals surface area contributed by atoms with Crippen LogP contribution in [0.25, 0.3) is 0 Å². The van der Waals surface area contributed by atoms with E-state index in [2.05, 4.69) is 31.9 Å². The van der Waals surface area contributed by atoms with Gasteiger partial charge in [0.25, 0.3) is 17.7 Å². The number of unbranched alkanes of at least 4 members (excludes halogenated alkanes) is 2. The molecule has 0 aromatic heterocycles. The normalized spacial score (nSPS) is 18.1. The van der Waals surface area contributed by atoms with Crippen molar-refractivity contribution in [1.82, 2.24) is 41.3 Å². The Balaban J connectivity index is 1.43. The number of nitrogens with one attached hydrogen (secondary N) is 6. The number of carbonyl (C=O) groups excluding carboxylic acids is 10. The second-order valence-electron chi connectivity index (χ2n) is 26.0. The van der Waals surface area contributed by atoms with E-state index in [9.17, 15) is 58.2 Å². The summed E-state index contributed by atoms with van der Waals surface area (Å²) >= 11 is 0. The SMILES string of the molecule is CC[C@H](C)[C@@H]([C@@H](CC(=O)N1CCC[C@H]1[C@H](OC)[C@@H](C)C(=O)N[C@H](C)[C@@H](O)c1ccccc1)OC)N(C)C(=O)[C@@H](NC(=O)[C@H]([C@@H](C)O)[N+](C)(C)Cc1ccc(NC(=O)[C@H](CCCNC(N)=O)NC(=O)[C@@H](NC(=O)CCCCCN2C(=O)C=CC2=O)C(C)C)cc1)C(C)C. The maximum absolute atomic E-state index is 14.9. The topological polar surface area (TPSA) is 338 Å². The standard InChI is InChI=1S/C67H105N11O14/c1-15-42(6)58(51(91-13)38-55(83)76-37-23-27-50(76)61(92-14)43(7)62(85)70-44(8)60(84)47-24-18-16-19-25-47)75(10)66(89)57(41(4)5)74-65(88)59(45(9)79)78(11,12)39-46-29-31-48(32-30-46)71-63(86)49(26-22-35-69-67(68)90)72-64(87)56(40(2)3)73-52(80)28-20-17-21-36-77-53(81)33-34-54(77)82/h16,18-19,24-25,29-34,40-45,49-51,56-61,79,84H,15,17,20-23,26-28,35-39H2,1-14H3,(H7-,68,69,70,71,72,73,74,80,85,86,87,88,90)/p+1/t42-,43+,44+,45+,49-,50-,51+,56-,57-,58-,59-,60+,61+/m0/s1. The van der Waals surface area contributed by atoms with Crippen molar-refractivity contribution in [2.75, 3.05) is 60.3 Å². The molecule has 11 amide bonds. The van der Waals surface area contributed by atoms with Crippen LogP contribution in [0.3, 0.4) is 0 Å². The number of primary amides is 1. The molecule has 1 fully saturated rings. The Labute approximate surface area is 543 Å². The third-order valence-corrected chi connectivity index (χ3v) is 17.8. The Morgan fingerprint density at radius 2 is 1.38 bits per heavy atom. The van der Waals surface area contributed by atoms with Crippen LogP contribution in [0.2, 0.25) is 0 Å². The zero-order chi connectivity index (χ0) is 68.7. The molecule has 0 saturated carbocycles. The van der Waals surface area contributed by atoms with Gasteiger partial charge >= 0.3 is 6.03 Å². The first kappa shape index (κ1) is 77.1. The Kier molecular flexibility index (Phi) is 30.9. The lowest BCUT2D eigenvalue weighted by Crippen LogP contribution is -2.64. The number of nitrogens with two attached hydrogens (primary N) is 1. The Bertz CT molecular complexity index is 2800. The van der Waals surface area contributed by atoms with E-state index in [1.807, 2.05) is 45.9 Å². The molecule has 25 nitrogen and oxygen atoms in total. The van der Waals surface area contributed by atoms with Crippen molar-refractivity contribution in [1.29, 1.82) is 0 Å². The van der Waals surface area contributed by atoms with Crippen LogP contribution in [0.4, 0.5) is 10.5 Å². The van der Waals surface area contributed by atoms with Crippen molar-refractivity contribution in [2.45, 2.75) is 200 Å². The highest BCUT2D eigenvalue weighted by molar-refractivity contribution is 6.12. The maximum Gasteiger partial charge on any atom is 0.312 e.